The molecule has 22 heavy (non-hydrogen) atoms. The second-order valence-corrected chi connectivity index (χ2v) is 4.96. The maximum absolute atomic E-state index is 11.0. The fourth-order valence-corrected chi connectivity index (χ4v) is 1.78. The molecule has 0 saturated carbocycles. The van der Waals surface area contributed by atoms with Gasteiger partial charge in [-0.25, -0.2) is 0 Å². The van der Waals surface area contributed by atoms with Crippen molar-refractivity contribution in [2.24, 2.45) is 5.73 Å². The Morgan fingerprint density at radius 3 is 1.86 bits per heavy atom. The number of allylic oxidation sites excluding steroid dienone is 7. The van der Waals surface area contributed by atoms with Crippen molar-refractivity contribution in [3.05, 3.63) is 48.6 Å². The lowest BCUT2D eigenvalue weighted by Crippen LogP contribution is -2.30. The Morgan fingerprint density at radius 1 is 0.909 bits per heavy atom. The van der Waals surface area contributed by atoms with E-state index in [0.29, 0.717) is 13.0 Å². The highest BCUT2D eigenvalue weighted by Gasteiger charge is 2.11. The first-order chi connectivity index (χ1) is 10.7. The molecule has 124 valence electrons. The summed E-state index contributed by atoms with van der Waals surface area (Å²) < 4.78 is 5.39. The molecule has 0 aromatic carbocycles. The number of primary amides is 1. The number of rotatable bonds is 13. The van der Waals surface area contributed by atoms with Gasteiger partial charge in [-0.05, 0) is 38.5 Å². The summed E-state index contributed by atoms with van der Waals surface area (Å²) >= 11 is 0. The Balaban J connectivity index is 3.56. The molecule has 1 unspecified atom stereocenters. The maximum Gasteiger partial charge on any atom is 0.246 e. The van der Waals surface area contributed by atoms with E-state index in [2.05, 4.69) is 55.5 Å². The fourth-order valence-electron chi connectivity index (χ4n) is 1.78. The van der Waals surface area contributed by atoms with Crippen molar-refractivity contribution in [2.45, 2.75) is 58.5 Å². The largest absolute Gasteiger partial charge is 0.368 e. The topological polar surface area (TPSA) is 52.3 Å². The summed E-state index contributed by atoms with van der Waals surface area (Å²) in [7, 11) is 0. The minimum Gasteiger partial charge on any atom is -0.368 e. The van der Waals surface area contributed by atoms with E-state index in [1.165, 1.54) is 0 Å². The Labute approximate surface area is 135 Å². The molecule has 3 nitrogen and oxygen atoms in total. The molecule has 0 spiro atoms. The molecule has 0 heterocycles. The van der Waals surface area contributed by atoms with Crippen molar-refractivity contribution in [3.8, 4) is 0 Å². The molecule has 0 aromatic heterocycles. The van der Waals surface area contributed by atoms with Crippen molar-refractivity contribution in [1.82, 2.24) is 0 Å². The number of nitrogens with two attached hydrogens (primary N) is 1. The van der Waals surface area contributed by atoms with Gasteiger partial charge in [0.2, 0.25) is 5.91 Å². The third kappa shape index (κ3) is 13.4. The van der Waals surface area contributed by atoms with E-state index in [1.807, 2.05) is 6.92 Å². The fraction of sp³-hybridized carbons (Fsp3) is 0.526. The van der Waals surface area contributed by atoms with Crippen LogP contribution in [0.5, 0.6) is 0 Å². The summed E-state index contributed by atoms with van der Waals surface area (Å²) in [6.07, 6.45) is 22.3. The number of ether oxygens (including phenoxy) is 1. The maximum atomic E-state index is 11.0. The van der Waals surface area contributed by atoms with Gasteiger partial charge in [-0.15, -0.1) is 0 Å². The van der Waals surface area contributed by atoms with Crippen LogP contribution in [0.3, 0.4) is 0 Å². The van der Waals surface area contributed by atoms with E-state index in [4.69, 9.17) is 10.5 Å². The first-order valence-electron chi connectivity index (χ1n) is 8.23. The van der Waals surface area contributed by atoms with Crippen LogP contribution >= 0.6 is 0 Å². The lowest BCUT2D eigenvalue weighted by molar-refractivity contribution is -0.129. The smallest absolute Gasteiger partial charge is 0.246 e. The van der Waals surface area contributed by atoms with Crippen molar-refractivity contribution < 1.29 is 9.53 Å². The normalized spacial score (nSPS) is 13.9. The summed E-state index contributed by atoms with van der Waals surface area (Å²) in [6, 6.07) is 0. The van der Waals surface area contributed by atoms with E-state index in [1.54, 1.807) is 0 Å². The van der Waals surface area contributed by atoms with Gasteiger partial charge in [-0.1, -0.05) is 62.5 Å². The lowest BCUT2D eigenvalue weighted by atomic mass is 10.2. The summed E-state index contributed by atoms with van der Waals surface area (Å²) in [5, 5.41) is 0. The summed E-state index contributed by atoms with van der Waals surface area (Å²) in [6.45, 7) is 4.57. The van der Waals surface area contributed by atoms with E-state index < -0.39 is 6.10 Å². The molecular formula is C19H31NO2. The van der Waals surface area contributed by atoms with Gasteiger partial charge in [0.15, 0.2) is 0 Å². The second-order valence-electron chi connectivity index (χ2n) is 4.96. The number of amides is 1. The molecule has 0 fully saturated rings. The predicted molar refractivity (Wildman–Crippen MR) is 94.5 cm³/mol. The van der Waals surface area contributed by atoms with Crippen LogP contribution < -0.4 is 5.73 Å². The molecule has 0 aliphatic rings. The lowest BCUT2D eigenvalue weighted by Gasteiger charge is -2.10. The van der Waals surface area contributed by atoms with Crippen LogP contribution in [0.1, 0.15) is 52.4 Å². The predicted octanol–water partition coefficient (Wildman–Crippen LogP) is 4.46. The quantitative estimate of drug-likeness (QED) is 0.403. The Hall–Kier alpha value is -1.61. The standard InChI is InChI=1S/C19H31NO2/c1-3-5-6-7-8-9-10-11-12-13-14-15-16-17-22-18(4-2)19(20)21/h5-6,8-9,11-12,14-15,18H,3-4,7,10,13,16-17H2,1-2H3,(H2,20,21)/b6-5-,9-8-,12-11-,15-14-. The monoisotopic (exact) mass is 305 g/mol. The molecule has 0 saturated heterocycles. The number of carbonyl (C=O) groups excluding carboxylic acids is 1. The van der Waals surface area contributed by atoms with Crippen LogP contribution in [-0.2, 0) is 9.53 Å². The molecule has 0 bridgehead atoms. The van der Waals surface area contributed by atoms with Crippen LogP contribution in [0, 0.1) is 0 Å². The first kappa shape index (κ1) is 20.4. The minimum absolute atomic E-state index is 0.382. The Morgan fingerprint density at radius 2 is 1.41 bits per heavy atom. The molecule has 0 radical (unpaired) electrons. The van der Waals surface area contributed by atoms with Gasteiger partial charge < -0.3 is 10.5 Å². The van der Waals surface area contributed by atoms with E-state index in [0.717, 1.165) is 32.1 Å². The van der Waals surface area contributed by atoms with Crippen LogP contribution in [-0.4, -0.2) is 18.6 Å². The van der Waals surface area contributed by atoms with E-state index >= 15 is 0 Å². The third-order valence-corrected chi connectivity index (χ3v) is 3.01. The number of hydrogen-bond acceptors (Lipinski definition) is 2. The van der Waals surface area contributed by atoms with Gasteiger partial charge >= 0.3 is 0 Å². The zero-order valence-corrected chi connectivity index (χ0v) is 14.0. The number of carbonyl (C=O) groups is 1. The zero-order valence-electron chi connectivity index (χ0n) is 14.0. The van der Waals surface area contributed by atoms with Crippen LogP contribution in [0.15, 0.2) is 48.6 Å². The average Bonchev–Trinajstić information content (AvgIpc) is 2.51. The van der Waals surface area contributed by atoms with Crippen molar-refractivity contribution >= 4 is 5.91 Å². The van der Waals surface area contributed by atoms with Crippen molar-refractivity contribution in [2.75, 3.05) is 6.61 Å². The molecule has 0 aliphatic heterocycles. The Kier molecular flexibility index (Phi) is 14.6. The van der Waals surface area contributed by atoms with Crippen molar-refractivity contribution in [3.63, 3.8) is 0 Å². The van der Waals surface area contributed by atoms with Crippen molar-refractivity contribution in [1.29, 1.82) is 0 Å². The highest BCUT2D eigenvalue weighted by atomic mass is 16.5. The third-order valence-electron chi connectivity index (χ3n) is 3.01. The van der Waals surface area contributed by atoms with Crippen LogP contribution in [0.2, 0.25) is 0 Å². The number of hydrogen-bond donors (Lipinski definition) is 1. The van der Waals surface area contributed by atoms with Gasteiger partial charge in [-0.2, -0.15) is 0 Å². The molecule has 1 atom stereocenters. The van der Waals surface area contributed by atoms with E-state index in [9.17, 15) is 4.79 Å². The highest BCUT2D eigenvalue weighted by molar-refractivity contribution is 5.78. The molecule has 3 heteroatoms. The van der Waals surface area contributed by atoms with E-state index in [-0.39, 0.29) is 5.91 Å². The second kappa shape index (κ2) is 15.8. The highest BCUT2D eigenvalue weighted by Crippen LogP contribution is 1.99. The Bertz CT molecular complexity index is 381. The van der Waals surface area contributed by atoms with Gasteiger partial charge in [-0.3, -0.25) is 4.79 Å². The van der Waals surface area contributed by atoms with Gasteiger partial charge in [0.05, 0.1) is 6.61 Å². The van der Waals surface area contributed by atoms with Crippen LogP contribution in [0.4, 0.5) is 0 Å². The molecule has 1 amide bonds. The average molecular weight is 305 g/mol. The summed E-state index contributed by atoms with van der Waals surface area (Å²) in [4.78, 5) is 11.0. The SMILES string of the molecule is CC/C=C\C/C=C\C/C=C\C/C=C\CCOC(CC)C(N)=O. The summed E-state index contributed by atoms with van der Waals surface area (Å²) in [5.74, 6) is -0.382. The summed E-state index contributed by atoms with van der Waals surface area (Å²) in [5.41, 5.74) is 5.20. The van der Waals surface area contributed by atoms with Gasteiger partial charge in [0.25, 0.3) is 0 Å². The molecule has 0 aliphatic carbocycles. The molecular weight excluding hydrogens is 274 g/mol. The first-order valence-corrected chi connectivity index (χ1v) is 8.23. The van der Waals surface area contributed by atoms with Gasteiger partial charge in [0, 0.05) is 0 Å². The molecule has 2 N–H and O–H groups in total. The van der Waals surface area contributed by atoms with Gasteiger partial charge in [0.1, 0.15) is 6.10 Å². The molecule has 0 rings (SSSR count). The molecule has 0 aromatic rings. The minimum atomic E-state index is -0.452. The van der Waals surface area contributed by atoms with Crippen LogP contribution in [0.25, 0.3) is 0 Å². The zero-order chi connectivity index (χ0) is 16.5.